The molecule has 2 aromatic rings. The zero-order valence-corrected chi connectivity index (χ0v) is 12.2. The maximum atomic E-state index is 13.3. The molecular formula is C14H13BrFNS. The van der Waals surface area contributed by atoms with Crippen LogP contribution in [-0.2, 0) is 19.5 Å². The Hall–Kier alpha value is -0.710. The number of fused-ring (bicyclic) bond motifs is 1. The van der Waals surface area contributed by atoms with E-state index in [0.717, 1.165) is 36.1 Å². The molecule has 4 heteroatoms. The summed E-state index contributed by atoms with van der Waals surface area (Å²) in [6.07, 6.45) is 1.11. The molecule has 0 saturated carbocycles. The fraction of sp³-hybridized carbons (Fsp3) is 0.286. The van der Waals surface area contributed by atoms with Gasteiger partial charge in [-0.2, -0.15) is 0 Å². The lowest BCUT2D eigenvalue weighted by atomic mass is 10.1. The Bertz CT molecular complexity index is 546. The second-order valence-electron chi connectivity index (χ2n) is 4.61. The van der Waals surface area contributed by atoms with Crippen LogP contribution in [0.15, 0.2) is 34.1 Å². The Morgan fingerprint density at radius 2 is 2.22 bits per heavy atom. The Labute approximate surface area is 118 Å². The van der Waals surface area contributed by atoms with Crippen molar-refractivity contribution in [2.24, 2.45) is 0 Å². The Balaban J connectivity index is 1.74. The van der Waals surface area contributed by atoms with Gasteiger partial charge in [0.05, 0.1) is 0 Å². The van der Waals surface area contributed by atoms with Gasteiger partial charge in [0.25, 0.3) is 0 Å². The monoisotopic (exact) mass is 325 g/mol. The summed E-state index contributed by atoms with van der Waals surface area (Å²) in [4.78, 5) is 3.88. The number of hydrogen-bond donors (Lipinski definition) is 0. The zero-order chi connectivity index (χ0) is 12.5. The highest BCUT2D eigenvalue weighted by Gasteiger charge is 2.17. The average Bonchev–Trinajstić information content (AvgIpc) is 2.74. The molecule has 0 fully saturated rings. The number of thiophene rings is 1. The molecule has 18 heavy (non-hydrogen) atoms. The van der Waals surface area contributed by atoms with Gasteiger partial charge in [-0.3, -0.25) is 4.90 Å². The summed E-state index contributed by atoms with van der Waals surface area (Å²) >= 11 is 5.18. The summed E-state index contributed by atoms with van der Waals surface area (Å²) in [5.41, 5.74) is 2.46. The minimum absolute atomic E-state index is 0.174. The van der Waals surface area contributed by atoms with Crippen LogP contribution in [0.25, 0.3) is 0 Å². The van der Waals surface area contributed by atoms with Gasteiger partial charge in [-0.25, -0.2) is 4.39 Å². The zero-order valence-electron chi connectivity index (χ0n) is 9.83. The average molecular weight is 326 g/mol. The highest BCUT2D eigenvalue weighted by atomic mass is 79.9. The highest BCUT2D eigenvalue weighted by Crippen LogP contribution is 2.25. The van der Waals surface area contributed by atoms with Crippen LogP contribution in [0.1, 0.15) is 16.0 Å². The van der Waals surface area contributed by atoms with Crippen molar-refractivity contribution in [3.05, 3.63) is 55.9 Å². The fourth-order valence-electron chi connectivity index (χ4n) is 2.40. The molecule has 0 amide bonds. The normalized spacial score (nSPS) is 15.7. The maximum absolute atomic E-state index is 13.3. The van der Waals surface area contributed by atoms with Crippen molar-refractivity contribution in [1.82, 2.24) is 4.90 Å². The van der Waals surface area contributed by atoms with Crippen molar-refractivity contribution < 1.29 is 4.39 Å². The summed E-state index contributed by atoms with van der Waals surface area (Å²) in [5.74, 6) is -0.174. The number of benzene rings is 1. The quantitative estimate of drug-likeness (QED) is 0.799. The molecule has 94 valence electrons. The lowest BCUT2D eigenvalue weighted by Gasteiger charge is -2.26. The van der Waals surface area contributed by atoms with Crippen molar-refractivity contribution in [2.75, 3.05) is 6.54 Å². The van der Waals surface area contributed by atoms with Gasteiger partial charge in [-0.15, -0.1) is 11.3 Å². The first-order chi connectivity index (χ1) is 8.70. The predicted molar refractivity (Wildman–Crippen MR) is 76.2 cm³/mol. The van der Waals surface area contributed by atoms with Gasteiger partial charge >= 0.3 is 0 Å². The molecule has 0 saturated heterocycles. The molecular weight excluding hydrogens is 313 g/mol. The molecule has 1 nitrogen and oxygen atoms in total. The molecule has 0 spiro atoms. The first kappa shape index (κ1) is 12.3. The molecule has 1 aromatic heterocycles. The Morgan fingerprint density at radius 3 is 3.06 bits per heavy atom. The predicted octanol–water partition coefficient (Wildman–Crippen LogP) is 4.21. The van der Waals surface area contributed by atoms with E-state index in [0.29, 0.717) is 0 Å². The summed E-state index contributed by atoms with van der Waals surface area (Å²) in [5, 5.41) is 2.16. The Morgan fingerprint density at radius 1 is 1.33 bits per heavy atom. The van der Waals surface area contributed by atoms with E-state index in [4.69, 9.17) is 0 Å². The van der Waals surface area contributed by atoms with Crippen LogP contribution in [0, 0.1) is 5.82 Å². The minimum atomic E-state index is -0.174. The molecule has 1 aromatic carbocycles. The van der Waals surface area contributed by atoms with Gasteiger partial charge < -0.3 is 0 Å². The lowest BCUT2D eigenvalue weighted by Crippen LogP contribution is -2.29. The maximum Gasteiger partial charge on any atom is 0.124 e. The molecule has 0 radical (unpaired) electrons. The Kier molecular flexibility index (Phi) is 3.50. The third-order valence-corrected chi connectivity index (χ3v) is 4.70. The molecule has 3 rings (SSSR count). The molecule has 0 atom stereocenters. The third-order valence-electron chi connectivity index (χ3n) is 3.22. The highest BCUT2D eigenvalue weighted by molar-refractivity contribution is 9.10. The van der Waals surface area contributed by atoms with Gasteiger partial charge in [0.2, 0.25) is 0 Å². The smallest absolute Gasteiger partial charge is 0.124 e. The molecule has 1 aliphatic rings. The standard InChI is InChI=1S/C14H13BrFNS/c15-12-5-10(6-13(16)7-12)8-17-3-1-14-11(9-17)2-4-18-14/h2,4-7H,1,3,8-9H2. The fourth-order valence-corrected chi connectivity index (χ4v) is 3.80. The third kappa shape index (κ3) is 2.66. The summed E-state index contributed by atoms with van der Waals surface area (Å²) in [7, 11) is 0. The van der Waals surface area contributed by atoms with Crippen LogP contribution in [-0.4, -0.2) is 11.4 Å². The second-order valence-corrected chi connectivity index (χ2v) is 6.52. The molecule has 1 aliphatic heterocycles. The van der Waals surface area contributed by atoms with Crippen molar-refractivity contribution >= 4 is 27.3 Å². The van der Waals surface area contributed by atoms with Crippen molar-refractivity contribution in [3.63, 3.8) is 0 Å². The van der Waals surface area contributed by atoms with E-state index >= 15 is 0 Å². The molecule has 2 heterocycles. The minimum Gasteiger partial charge on any atom is -0.294 e. The van der Waals surface area contributed by atoms with Crippen LogP contribution < -0.4 is 0 Å². The molecule has 0 aliphatic carbocycles. The number of rotatable bonds is 2. The first-order valence-corrected chi connectivity index (χ1v) is 7.60. The molecule has 0 N–H and O–H groups in total. The summed E-state index contributed by atoms with van der Waals surface area (Å²) < 4.78 is 14.1. The topological polar surface area (TPSA) is 3.24 Å². The molecule has 0 bridgehead atoms. The van der Waals surface area contributed by atoms with E-state index in [1.807, 2.05) is 17.4 Å². The largest absolute Gasteiger partial charge is 0.294 e. The van der Waals surface area contributed by atoms with E-state index in [1.165, 1.54) is 16.5 Å². The van der Waals surface area contributed by atoms with Crippen LogP contribution in [0.3, 0.4) is 0 Å². The van der Waals surface area contributed by atoms with E-state index in [9.17, 15) is 4.39 Å². The van der Waals surface area contributed by atoms with Gasteiger partial charge in [0.1, 0.15) is 5.82 Å². The summed E-state index contributed by atoms with van der Waals surface area (Å²) in [6, 6.07) is 7.31. The lowest BCUT2D eigenvalue weighted by molar-refractivity contribution is 0.247. The van der Waals surface area contributed by atoms with E-state index in [-0.39, 0.29) is 5.82 Å². The van der Waals surface area contributed by atoms with Crippen molar-refractivity contribution in [3.8, 4) is 0 Å². The van der Waals surface area contributed by atoms with Crippen LogP contribution in [0.4, 0.5) is 4.39 Å². The first-order valence-electron chi connectivity index (χ1n) is 5.93. The van der Waals surface area contributed by atoms with E-state index in [2.05, 4.69) is 32.3 Å². The number of halogens is 2. The van der Waals surface area contributed by atoms with Gasteiger partial charge in [-0.1, -0.05) is 15.9 Å². The van der Waals surface area contributed by atoms with Crippen LogP contribution in [0.5, 0.6) is 0 Å². The van der Waals surface area contributed by atoms with Gasteiger partial charge in [0, 0.05) is 29.0 Å². The SMILES string of the molecule is Fc1cc(Br)cc(CN2CCc3sccc3C2)c1. The van der Waals surface area contributed by atoms with Crippen LogP contribution >= 0.6 is 27.3 Å². The van der Waals surface area contributed by atoms with E-state index < -0.39 is 0 Å². The second kappa shape index (κ2) is 5.11. The van der Waals surface area contributed by atoms with E-state index in [1.54, 1.807) is 6.07 Å². The summed E-state index contributed by atoms with van der Waals surface area (Å²) in [6.45, 7) is 2.85. The van der Waals surface area contributed by atoms with Crippen molar-refractivity contribution in [2.45, 2.75) is 19.5 Å². The number of hydrogen-bond acceptors (Lipinski definition) is 2. The van der Waals surface area contributed by atoms with Crippen molar-refractivity contribution in [1.29, 1.82) is 0 Å². The van der Waals surface area contributed by atoms with Crippen LogP contribution in [0.2, 0.25) is 0 Å². The van der Waals surface area contributed by atoms with Gasteiger partial charge in [-0.05, 0) is 47.2 Å². The molecule has 0 unspecified atom stereocenters. The van der Waals surface area contributed by atoms with Gasteiger partial charge in [0.15, 0.2) is 0 Å². The number of nitrogens with zero attached hydrogens (tertiary/aromatic N) is 1.